The Labute approximate surface area is 101 Å². The van der Waals surface area contributed by atoms with Crippen molar-refractivity contribution >= 4 is 11.0 Å². The predicted octanol–water partition coefficient (Wildman–Crippen LogP) is 3.57. The summed E-state index contributed by atoms with van der Waals surface area (Å²) in [4.78, 5) is 8.71. The Morgan fingerprint density at radius 3 is 1.82 bits per heavy atom. The average molecular weight is 222 g/mol. The summed E-state index contributed by atoms with van der Waals surface area (Å²) in [5, 5.41) is 0. The van der Waals surface area contributed by atoms with Crippen LogP contribution in [0.2, 0.25) is 0 Å². The van der Waals surface area contributed by atoms with E-state index in [4.69, 9.17) is 0 Å². The molecule has 0 aliphatic heterocycles. The van der Waals surface area contributed by atoms with Crippen LogP contribution in [-0.4, -0.2) is 9.97 Å². The first-order valence-electron chi connectivity index (χ1n) is 5.83. The van der Waals surface area contributed by atoms with Gasteiger partial charge in [-0.2, -0.15) is 0 Å². The maximum atomic E-state index is 4.36. The molecule has 0 radical (unpaired) electrons. The molecule has 0 amide bonds. The summed E-state index contributed by atoms with van der Waals surface area (Å²) in [6, 6.07) is 4.29. The van der Waals surface area contributed by atoms with Crippen LogP contribution in [0.3, 0.4) is 0 Å². The summed E-state index contributed by atoms with van der Waals surface area (Å²) in [6.45, 7) is 7.84. The normalized spacial score (nSPS) is 22.4. The molecule has 2 aromatic rings. The lowest BCUT2D eigenvalue weighted by Crippen LogP contribution is -1.91. The van der Waals surface area contributed by atoms with Gasteiger partial charge in [-0.3, -0.25) is 9.97 Å². The summed E-state index contributed by atoms with van der Waals surface area (Å²) in [5.41, 5.74) is 4.58. The van der Waals surface area contributed by atoms with Crippen molar-refractivity contribution in [3.8, 4) is 0 Å². The van der Waals surface area contributed by atoms with Gasteiger partial charge < -0.3 is 0 Å². The van der Waals surface area contributed by atoms with Gasteiger partial charge in [0, 0.05) is 24.2 Å². The van der Waals surface area contributed by atoms with Crippen molar-refractivity contribution in [2.45, 2.75) is 18.3 Å². The maximum Gasteiger partial charge on any atom is 0.0889 e. The first kappa shape index (κ1) is 10.2. The van der Waals surface area contributed by atoms with E-state index in [2.05, 4.69) is 35.3 Å². The average Bonchev–Trinajstić information content (AvgIpc) is 2.73. The standard InChI is InChI=1S/C15H14N2/c1-3-10-7-11(4-2)13-9-15-14(8-12(10)13)16-5-6-17-15/h3-6,8-11H,1-2,7H2. The van der Waals surface area contributed by atoms with Gasteiger partial charge in [-0.1, -0.05) is 12.2 Å². The molecule has 1 heterocycles. The zero-order valence-electron chi connectivity index (χ0n) is 9.63. The number of rotatable bonds is 2. The van der Waals surface area contributed by atoms with Crippen LogP contribution in [0.5, 0.6) is 0 Å². The zero-order valence-corrected chi connectivity index (χ0v) is 9.63. The van der Waals surface area contributed by atoms with Gasteiger partial charge in [0.1, 0.15) is 0 Å². The number of hydrogen-bond acceptors (Lipinski definition) is 2. The van der Waals surface area contributed by atoms with E-state index in [-0.39, 0.29) is 0 Å². The smallest absolute Gasteiger partial charge is 0.0889 e. The molecule has 1 aromatic carbocycles. The van der Waals surface area contributed by atoms with E-state index in [1.165, 1.54) is 11.1 Å². The van der Waals surface area contributed by atoms with Gasteiger partial charge in [0.2, 0.25) is 0 Å². The largest absolute Gasteiger partial charge is 0.253 e. The minimum atomic E-state index is 0.416. The molecule has 2 nitrogen and oxygen atoms in total. The first-order valence-corrected chi connectivity index (χ1v) is 5.83. The van der Waals surface area contributed by atoms with E-state index < -0.39 is 0 Å². The Balaban J connectivity index is 2.27. The molecule has 17 heavy (non-hydrogen) atoms. The van der Waals surface area contributed by atoms with Gasteiger partial charge in [-0.15, -0.1) is 13.2 Å². The molecule has 0 spiro atoms. The lowest BCUT2D eigenvalue weighted by atomic mass is 10.0. The van der Waals surface area contributed by atoms with Crippen molar-refractivity contribution < 1.29 is 0 Å². The summed E-state index contributed by atoms with van der Waals surface area (Å²) in [7, 11) is 0. The molecule has 2 heteroatoms. The highest BCUT2D eigenvalue weighted by Crippen LogP contribution is 2.43. The van der Waals surface area contributed by atoms with Crippen molar-refractivity contribution in [3.05, 3.63) is 61.0 Å². The number of nitrogens with zero attached hydrogens (tertiary/aromatic N) is 2. The highest BCUT2D eigenvalue weighted by Gasteiger charge is 2.27. The van der Waals surface area contributed by atoms with E-state index in [9.17, 15) is 0 Å². The molecule has 3 rings (SSSR count). The fourth-order valence-corrected chi connectivity index (χ4v) is 2.66. The van der Waals surface area contributed by atoms with Crippen LogP contribution in [0.15, 0.2) is 49.8 Å². The van der Waals surface area contributed by atoms with Crippen LogP contribution in [0.4, 0.5) is 0 Å². The highest BCUT2D eigenvalue weighted by atomic mass is 14.8. The summed E-state index contributed by atoms with van der Waals surface area (Å²) in [6.07, 6.45) is 8.57. The fourth-order valence-electron chi connectivity index (χ4n) is 2.66. The predicted molar refractivity (Wildman–Crippen MR) is 70.0 cm³/mol. The van der Waals surface area contributed by atoms with Crippen molar-refractivity contribution in [1.29, 1.82) is 0 Å². The number of allylic oxidation sites excluding steroid dienone is 2. The molecule has 2 atom stereocenters. The van der Waals surface area contributed by atoms with Crippen LogP contribution >= 0.6 is 0 Å². The monoisotopic (exact) mass is 222 g/mol. The molecule has 84 valence electrons. The SMILES string of the molecule is C=CC1CC(C=C)c2cc3nccnc3cc21. The fraction of sp³-hybridized carbons (Fsp3) is 0.200. The highest BCUT2D eigenvalue weighted by molar-refractivity contribution is 5.77. The summed E-state index contributed by atoms with van der Waals surface area (Å²) >= 11 is 0. The zero-order chi connectivity index (χ0) is 11.8. The second-order valence-corrected chi connectivity index (χ2v) is 4.45. The Kier molecular flexibility index (Phi) is 2.29. The molecule has 0 saturated heterocycles. The third kappa shape index (κ3) is 1.48. The molecule has 0 saturated carbocycles. The van der Waals surface area contributed by atoms with Crippen LogP contribution < -0.4 is 0 Å². The summed E-state index contributed by atoms with van der Waals surface area (Å²) < 4.78 is 0. The third-order valence-corrected chi connectivity index (χ3v) is 3.55. The maximum absolute atomic E-state index is 4.36. The van der Waals surface area contributed by atoms with Gasteiger partial charge in [0.25, 0.3) is 0 Å². The van der Waals surface area contributed by atoms with Crippen molar-refractivity contribution in [2.75, 3.05) is 0 Å². The van der Waals surface area contributed by atoms with Crippen LogP contribution in [0, 0.1) is 0 Å². The second kappa shape index (κ2) is 3.81. The molecular formula is C15H14N2. The molecule has 0 fully saturated rings. The molecule has 0 N–H and O–H groups in total. The van der Waals surface area contributed by atoms with Crippen molar-refractivity contribution in [3.63, 3.8) is 0 Å². The third-order valence-electron chi connectivity index (χ3n) is 3.55. The van der Waals surface area contributed by atoms with Crippen LogP contribution in [0.1, 0.15) is 29.4 Å². The Morgan fingerprint density at radius 2 is 1.41 bits per heavy atom. The van der Waals surface area contributed by atoms with Crippen molar-refractivity contribution in [2.24, 2.45) is 0 Å². The Morgan fingerprint density at radius 1 is 0.941 bits per heavy atom. The van der Waals surface area contributed by atoms with Gasteiger partial charge in [-0.25, -0.2) is 0 Å². The van der Waals surface area contributed by atoms with Crippen LogP contribution in [0.25, 0.3) is 11.0 Å². The minimum absolute atomic E-state index is 0.416. The van der Waals surface area contributed by atoms with Gasteiger partial charge in [-0.05, 0) is 29.7 Å². The lowest BCUT2D eigenvalue weighted by Gasteiger charge is -2.06. The molecule has 0 bridgehead atoms. The van der Waals surface area contributed by atoms with Gasteiger partial charge in [0.05, 0.1) is 11.0 Å². The van der Waals surface area contributed by atoms with Gasteiger partial charge >= 0.3 is 0 Å². The molecule has 1 aliphatic carbocycles. The van der Waals surface area contributed by atoms with E-state index in [0.717, 1.165) is 17.5 Å². The Bertz CT molecular complexity index is 548. The molecule has 2 unspecified atom stereocenters. The first-order chi connectivity index (χ1) is 8.33. The number of benzene rings is 1. The van der Waals surface area contributed by atoms with E-state index >= 15 is 0 Å². The van der Waals surface area contributed by atoms with E-state index in [1.54, 1.807) is 12.4 Å². The van der Waals surface area contributed by atoms with Crippen LogP contribution in [-0.2, 0) is 0 Å². The molecule has 1 aliphatic rings. The second-order valence-electron chi connectivity index (χ2n) is 4.45. The topological polar surface area (TPSA) is 25.8 Å². The lowest BCUT2D eigenvalue weighted by molar-refractivity contribution is 0.751. The Hall–Kier alpha value is -1.96. The minimum Gasteiger partial charge on any atom is -0.253 e. The van der Waals surface area contributed by atoms with E-state index in [1.807, 2.05) is 12.2 Å². The summed E-state index contributed by atoms with van der Waals surface area (Å²) in [5.74, 6) is 0.832. The number of hydrogen-bond donors (Lipinski definition) is 0. The molecular weight excluding hydrogens is 208 g/mol. The number of aromatic nitrogens is 2. The molecule has 1 aromatic heterocycles. The van der Waals surface area contributed by atoms with E-state index in [0.29, 0.717) is 11.8 Å². The van der Waals surface area contributed by atoms with Gasteiger partial charge in [0.15, 0.2) is 0 Å². The number of fused-ring (bicyclic) bond motifs is 2. The quantitative estimate of drug-likeness (QED) is 0.726. The van der Waals surface area contributed by atoms with Crippen molar-refractivity contribution in [1.82, 2.24) is 9.97 Å².